The molecule has 0 radical (unpaired) electrons. The first-order chi connectivity index (χ1) is 14.0. The zero-order chi connectivity index (χ0) is 20.4. The largest absolute Gasteiger partial charge is 0.486 e. The van der Waals surface area contributed by atoms with Crippen molar-refractivity contribution in [3.05, 3.63) is 41.3 Å². The molecule has 152 valence electrons. The topological polar surface area (TPSA) is 90.4 Å². The minimum absolute atomic E-state index is 0.0841. The van der Waals surface area contributed by atoms with Crippen LogP contribution < -0.4 is 14.8 Å². The van der Waals surface area contributed by atoms with E-state index >= 15 is 0 Å². The number of aryl methyl sites for hydroxylation is 1. The highest BCUT2D eigenvalue weighted by Crippen LogP contribution is 2.39. The molecule has 0 bridgehead atoms. The summed E-state index contributed by atoms with van der Waals surface area (Å²) in [6.07, 6.45) is 1.92. The monoisotopic (exact) mass is 413 g/mol. The molecular formula is C21H23N3O4S. The molecule has 1 aromatic carbocycles. The lowest BCUT2D eigenvalue weighted by Crippen LogP contribution is -2.41. The summed E-state index contributed by atoms with van der Waals surface area (Å²) in [5.74, 6) is 2.51. The Bertz CT molecular complexity index is 946. The van der Waals surface area contributed by atoms with Crippen LogP contribution in [-0.2, 0) is 4.79 Å². The van der Waals surface area contributed by atoms with Gasteiger partial charge in [0.25, 0.3) is 0 Å². The van der Waals surface area contributed by atoms with Gasteiger partial charge in [0.2, 0.25) is 5.91 Å². The third-order valence-corrected chi connectivity index (χ3v) is 5.78. The van der Waals surface area contributed by atoms with Crippen LogP contribution in [-0.4, -0.2) is 46.7 Å². The van der Waals surface area contributed by atoms with Crippen molar-refractivity contribution in [2.75, 3.05) is 18.9 Å². The molecule has 0 saturated heterocycles. The Morgan fingerprint density at radius 2 is 1.97 bits per heavy atom. The van der Waals surface area contributed by atoms with Gasteiger partial charge in [-0.05, 0) is 38.8 Å². The number of rotatable bonds is 7. The smallest absolute Gasteiger partial charge is 0.230 e. The lowest BCUT2D eigenvalue weighted by atomic mass is 10.2. The van der Waals surface area contributed by atoms with Crippen LogP contribution in [0.3, 0.4) is 0 Å². The highest BCUT2D eigenvalue weighted by Gasteiger charge is 2.29. The zero-order valence-electron chi connectivity index (χ0n) is 16.4. The Morgan fingerprint density at radius 1 is 1.21 bits per heavy atom. The molecule has 0 spiro atoms. The van der Waals surface area contributed by atoms with Crippen LogP contribution in [0.25, 0.3) is 0 Å². The van der Waals surface area contributed by atoms with Crippen LogP contribution in [0.4, 0.5) is 0 Å². The number of carbonyl (C=O) groups is 2. The zero-order valence-corrected chi connectivity index (χ0v) is 17.3. The number of hydrogen-bond donors (Lipinski definition) is 1. The normalized spacial score (nSPS) is 17.7. The number of para-hydroxylation sites is 2. The fourth-order valence-electron chi connectivity index (χ4n) is 3.18. The van der Waals surface area contributed by atoms with Crippen LogP contribution in [0.15, 0.2) is 29.3 Å². The average molecular weight is 413 g/mol. The van der Waals surface area contributed by atoms with Gasteiger partial charge in [-0.3, -0.25) is 9.59 Å². The van der Waals surface area contributed by atoms with Gasteiger partial charge in [0.15, 0.2) is 17.3 Å². The Morgan fingerprint density at radius 3 is 2.69 bits per heavy atom. The number of nitrogens with one attached hydrogen (secondary N) is 1. The number of Topliss-reactive ketones (excluding diaryl/α,β-unsaturated/α-hetero) is 1. The summed E-state index contributed by atoms with van der Waals surface area (Å²) in [4.78, 5) is 33.4. The second kappa shape index (κ2) is 8.41. The van der Waals surface area contributed by atoms with Crippen molar-refractivity contribution >= 4 is 23.5 Å². The summed E-state index contributed by atoms with van der Waals surface area (Å²) in [5.41, 5.74) is 1.19. The van der Waals surface area contributed by atoms with Gasteiger partial charge in [0.05, 0.1) is 23.6 Å². The predicted octanol–water partition coefficient (Wildman–Crippen LogP) is 2.91. The second-order valence-corrected chi connectivity index (χ2v) is 8.23. The molecule has 4 rings (SSSR count). The molecule has 0 unspecified atom stereocenters. The maximum Gasteiger partial charge on any atom is 0.230 e. The molecule has 8 heteroatoms. The van der Waals surface area contributed by atoms with Gasteiger partial charge in [0, 0.05) is 5.92 Å². The quantitative estimate of drug-likeness (QED) is 0.424. The fourth-order valence-corrected chi connectivity index (χ4v) is 4.14. The Hall–Kier alpha value is -2.61. The van der Waals surface area contributed by atoms with E-state index in [1.165, 1.54) is 18.7 Å². The Kier molecular flexibility index (Phi) is 5.71. The molecule has 2 aliphatic rings. The predicted molar refractivity (Wildman–Crippen MR) is 109 cm³/mol. The van der Waals surface area contributed by atoms with Gasteiger partial charge >= 0.3 is 0 Å². The molecule has 1 amide bonds. The van der Waals surface area contributed by atoms with Crippen molar-refractivity contribution < 1.29 is 19.1 Å². The number of ether oxygens (including phenoxy) is 2. The van der Waals surface area contributed by atoms with Gasteiger partial charge in [-0.2, -0.15) is 0 Å². The second-order valence-electron chi connectivity index (χ2n) is 7.27. The molecule has 2 heterocycles. The standard InChI is InChI=1S/C21H23N3O4S/c1-12-19(13(2)25)21(24-20(23-12)14-7-8-14)29-11-18(26)22-9-15-10-27-16-5-3-4-6-17(16)28-15/h3-6,14-15H,7-11H2,1-2H3,(H,22,26)/t15-/m1/s1. The van der Waals surface area contributed by atoms with Crippen molar-refractivity contribution in [1.29, 1.82) is 0 Å². The van der Waals surface area contributed by atoms with Crippen LogP contribution >= 0.6 is 11.8 Å². The number of ketones is 1. The highest BCUT2D eigenvalue weighted by atomic mass is 32.2. The first kappa shape index (κ1) is 19.7. The van der Waals surface area contributed by atoms with Gasteiger partial charge in [0.1, 0.15) is 23.6 Å². The number of fused-ring (bicyclic) bond motifs is 1. The highest BCUT2D eigenvalue weighted by molar-refractivity contribution is 8.00. The molecule has 1 N–H and O–H groups in total. The number of benzene rings is 1. The number of aromatic nitrogens is 2. The summed E-state index contributed by atoms with van der Waals surface area (Å²) < 4.78 is 11.5. The summed E-state index contributed by atoms with van der Waals surface area (Å²) in [5, 5.41) is 3.46. The van der Waals surface area contributed by atoms with E-state index in [2.05, 4.69) is 15.3 Å². The lowest BCUT2D eigenvalue weighted by Gasteiger charge is -2.26. The van der Waals surface area contributed by atoms with Gasteiger partial charge in [-0.1, -0.05) is 23.9 Å². The van der Waals surface area contributed by atoms with Crippen LogP contribution in [0.1, 0.15) is 47.6 Å². The molecule has 7 nitrogen and oxygen atoms in total. The molecule has 1 atom stereocenters. The third-order valence-electron chi connectivity index (χ3n) is 4.80. The van der Waals surface area contributed by atoms with Crippen LogP contribution in [0.5, 0.6) is 11.5 Å². The molecule has 1 aliphatic heterocycles. The molecule has 1 saturated carbocycles. The van der Waals surface area contributed by atoms with E-state index in [1.54, 1.807) is 0 Å². The minimum Gasteiger partial charge on any atom is -0.486 e. The summed E-state index contributed by atoms with van der Waals surface area (Å²) in [7, 11) is 0. The first-order valence-electron chi connectivity index (χ1n) is 9.68. The van der Waals surface area contributed by atoms with E-state index in [1.807, 2.05) is 31.2 Å². The fraction of sp³-hybridized carbons (Fsp3) is 0.429. The van der Waals surface area contributed by atoms with Crippen molar-refractivity contribution in [3.8, 4) is 11.5 Å². The maximum atomic E-state index is 12.3. The third kappa shape index (κ3) is 4.70. The average Bonchev–Trinajstić information content (AvgIpc) is 3.55. The van der Waals surface area contributed by atoms with E-state index in [0.717, 1.165) is 18.7 Å². The maximum absolute atomic E-state index is 12.3. The van der Waals surface area contributed by atoms with Crippen molar-refractivity contribution in [1.82, 2.24) is 15.3 Å². The van der Waals surface area contributed by atoms with E-state index < -0.39 is 0 Å². The molecular weight excluding hydrogens is 390 g/mol. The molecule has 1 aromatic heterocycles. The lowest BCUT2D eigenvalue weighted by molar-refractivity contribution is -0.119. The van der Waals surface area contributed by atoms with Crippen molar-refractivity contribution in [2.24, 2.45) is 0 Å². The van der Waals surface area contributed by atoms with Gasteiger partial charge in [-0.15, -0.1) is 0 Å². The SMILES string of the molecule is CC(=O)c1c(C)nc(C2CC2)nc1SCC(=O)NC[C@@H]1COc2ccccc2O1. The summed E-state index contributed by atoms with van der Waals surface area (Å²) >= 11 is 1.28. The number of nitrogens with zero attached hydrogens (tertiary/aromatic N) is 2. The molecule has 1 fully saturated rings. The number of hydrogen-bond acceptors (Lipinski definition) is 7. The van der Waals surface area contributed by atoms with E-state index in [-0.39, 0.29) is 23.5 Å². The van der Waals surface area contributed by atoms with Crippen molar-refractivity contribution in [3.63, 3.8) is 0 Å². The van der Waals surface area contributed by atoms with Crippen LogP contribution in [0, 0.1) is 6.92 Å². The number of thioether (sulfide) groups is 1. The van der Waals surface area contributed by atoms with E-state index in [0.29, 0.717) is 46.9 Å². The van der Waals surface area contributed by atoms with Gasteiger partial charge in [-0.25, -0.2) is 9.97 Å². The summed E-state index contributed by atoms with van der Waals surface area (Å²) in [6, 6.07) is 7.47. The molecule has 2 aromatic rings. The Labute approximate surface area is 173 Å². The van der Waals surface area contributed by atoms with E-state index in [9.17, 15) is 9.59 Å². The molecule has 1 aliphatic carbocycles. The molecule has 29 heavy (non-hydrogen) atoms. The Balaban J connectivity index is 1.33. The van der Waals surface area contributed by atoms with Gasteiger partial charge < -0.3 is 14.8 Å². The first-order valence-corrected chi connectivity index (χ1v) is 10.7. The van der Waals surface area contributed by atoms with Crippen LogP contribution in [0.2, 0.25) is 0 Å². The van der Waals surface area contributed by atoms with E-state index in [4.69, 9.17) is 9.47 Å². The number of carbonyl (C=O) groups excluding carboxylic acids is 2. The minimum atomic E-state index is -0.241. The summed E-state index contributed by atoms with van der Waals surface area (Å²) in [6.45, 7) is 4.07. The number of amides is 1. The van der Waals surface area contributed by atoms with Crippen molar-refractivity contribution in [2.45, 2.75) is 43.7 Å².